The van der Waals surface area contributed by atoms with Crippen molar-refractivity contribution in [3.63, 3.8) is 0 Å². The van der Waals surface area contributed by atoms with E-state index >= 15 is 0 Å². The van der Waals surface area contributed by atoms with E-state index < -0.39 is 0 Å². The summed E-state index contributed by atoms with van der Waals surface area (Å²) in [5, 5.41) is 18.1. The Bertz CT molecular complexity index is 1170. The van der Waals surface area contributed by atoms with Crippen molar-refractivity contribution < 1.29 is 0 Å². The summed E-state index contributed by atoms with van der Waals surface area (Å²) < 4.78 is 3.21. The topological polar surface area (TPSA) is 76.5 Å². The highest BCUT2D eigenvalue weighted by molar-refractivity contribution is 5.57. The molecule has 0 atom stereocenters. The number of para-hydroxylation sites is 2. The van der Waals surface area contributed by atoms with Crippen molar-refractivity contribution in [2.75, 3.05) is 0 Å². The molecule has 0 aliphatic rings. The Labute approximate surface area is 149 Å². The molecule has 0 fully saturated rings. The van der Waals surface area contributed by atoms with Crippen LogP contribution >= 0.6 is 0 Å². The fraction of sp³-hybridized carbons (Fsp3) is 0. The number of aromatic nitrogens is 4. The van der Waals surface area contributed by atoms with E-state index in [1.54, 1.807) is 41.3 Å². The second-order valence-electron chi connectivity index (χ2n) is 5.57. The van der Waals surface area contributed by atoms with Gasteiger partial charge >= 0.3 is 0 Å². The molecule has 6 nitrogen and oxygen atoms in total. The maximum atomic E-state index is 12.5. The van der Waals surface area contributed by atoms with Gasteiger partial charge in [0.2, 0.25) is 5.43 Å². The van der Waals surface area contributed by atoms with Crippen LogP contribution in [0.1, 0.15) is 5.56 Å². The quantitative estimate of drug-likeness (QED) is 0.575. The molecule has 0 aliphatic carbocycles. The molecule has 0 spiro atoms. The molecule has 0 aliphatic heterocycles. The first-order chi connectivity index (χ1) is 12.8. The van der Waals surface area contributed by atoms with E-state index in [9.17, 15) is 10.1 Å². The van der Waals surface area contributed by atoms with Crippen LogP contribution in [0.4, 0.5) is 0 Å². The summed E-state index contributed by atoms with van der Waals surface area (Å²) in [6, 6.07) is 22.0. The number of rotatable bonds is 3. The Morgan fingerprint density at radius 1 is 0.923 bits per heavy atom. The molecular weight excluding hydrogens is 326 g/mol. The molecule has 0 radical (unpaired) electrons. The van der Waals surface area contributed by atoms with Crippen molar-refractivity contribution in [3.8, 4) is 28.8 Å². The van der Waals surface area contributed by atoms with E-state index in [0.717, 1.165) is 5.69 Å². The normalized spacial score (nSPS) is 10.4. The maximum absolute atomic E-state index is 12.5. The number of benzene rings is 2. The number of nitriles is 1. The number of nitrogens with zero attached hydrogens (tertiary/aromatic N) is 5. The predicted octanol–water partition coefficient (Wildman–Crippen LogP) is 2.96. The largest absolute Gasteiger partial charge is 0.287 e. The molecule has 124 valence electrons. The lowest BCUT2D eigenvalue weighted by molar-refractivity contribution is 0.821. The molecule has 2 aromatic carbocycles. The van der Waals surface area contributed by atoms with Gasteiger partial charge in [0.25, 0.3) is 0 Å². The fourth-order valence-electron chi connectivity index (χ4n) is 2.74. The smallest absolute Gasteiger partial charge is 0.209 e. The van der Waals surface area contributed by atoms with Gasteiger partial charge in [0, 0.05) is 12.3 Å². The van der Waals surface area contributed by atoms with Gasteiger partial charge in [0.05, 0.1) is 28.8 Å². The van der Waals surface area contributed by atoms with Crippen molar-refractivity contribution in [3.05, 3.63) is 94.9 Å². The third-order valence-corrected chi connectivity index (χ3v) is 3.97. The molecule has 0 saturated carbocycles. The van der Waals surface area contributed by atoms with Crippen molar-refractivity contribution in [1.29, 1.82) is 5.26 Å². The molecule has 0 bridgehead atoms. The minimum Gasteiger partial charge on any atom is -0.287 e. The van der Waals surface area contributed by atoms with Crippen molar-refractivity contribution in [1.82, 2.24) is 19.6 Å². The van der Waals surface area contributed by atoms with Crippen LogP contribution < -0.4 is 5.43 Å². The van der Waals surface area contributed by atoms with Gasteiger partial charge < -0.3 is 0 Å². The SMILES string of the molecule is N#Cc1ccccc1-n1ccc(=O)c(-c2ccnn2-c2ccccc2)n1. The van der Waals surface area contributed by atoms with Gasteiger partial charge in [-0.1, -0.05) is 30.3 Å². The zero-order valence-corrected chi connectivity index (χ0v) is 13.6. The Balaban J connectivity index is 1.89. The maximum Gasteiger partial charge on any atom is 0.209 e. The monoisotopic (exact) mass is 339 g/mol. The first kappa shape index (κ1) is 15.5. The predicted molar refractivity (Wildman–Crippen MR) is 97.1 cm³/mol. The minimum absolute atomic E-state index is 0.214. The summed E-state index contributed by atoms with van der Waals surface area (Å²) >= 11 is 0. The zero-order valence-electron chi connectivity index (χ0n) is 13.6. The molecule has 6 heteroatoms. The molecule has 0 unspecified atom stereocenters. The van der Waals surface area contributed by atoms with Crippen molar-refractivity contribution in [2.45, 2.75) is 0 Å². The van der Waals surface area contributed by atoms with Crippen molar-refractivity contribution in [2.24, 2.45) is 0 Å². The first-order valence-corrected chi connectivity index (χ1v) is 7.97. The Morgan fingerprint density at radius 3 is 2.50 bits per heavy atom. The van der Waals surface area contributed by atoms with Crippen LogP contribution in [0.15, 0.2) is 83.9 Å². The van der Waals surface area contributed by atoms with Crippen LogP contribution in [-0.4, -0.2) is 19.6 Å². The summed E-state index contributed by atoms with van der Waals surface area (Å²) in [6.07, 6.45) is 3.19. The second-order valence-corrected chi connectivity index (χ2v) is 5.57. The number of hydrogen-bond acceptors (Lipinski definition) is 4. The number of hydrogen-bond donors (Lipinski definition) is 0. The van der Waals surface area contributed by atoms with Crippen LogP contribution in [0.25, 0.3) is 22.8 Å². The third-order valence-electron chi connectivity index (χ3n) is 3.97. The molecule has 0 N–H and O–H groups in total. The van der Waals surface area contributed by atoms with Crippen LogP contribution in [0.2, 0.25) is 0 Å². The summed E-state index contributed by atoms with van der Waals surface area (Å²) in [4.78, 5) is 12.5. The van der Waals surface area contributed by atoms with Crippen LogP contribution in [0.5, 0.6) is 0 Å². The van der Waals surface area contributed by atoms with Gasteiger partial charge in [-0.2, -0.15) is 15.5 Å². The highest BCUT2D eigenvalue weighted by atomic mass is 16.1. The molecule has 26 heavy (non-hydrogen) atoms. The van der Waals surface area contributed by atoms with E-state index in [4.69, 9.17) is 0 Å². The molecule has 4 rings (SSSR count). The van der Waals surface area contributed by atoms with Gasteiger partial charge in [0.1, 0.15) is 6.07 Å². The zero-order chi connectivity index (χ0) is 17.9. The molecular formula is C20H13N5O. The third kappa shape index (κ3) is 2.68. The first-order valence-electron chi connectivity index (χ1n) is 7.97. The summed E-state index contributed by atoms with van der Waals surface area (Å²) in [5.74, 6) is 0. The van der Waals surface area contributed by atoms with E-state index in [2.05, 4.69) is 16.3 Å². The molecule has 4 aromatic rings. The van der Waals surface area contributed by atoms with Crippen molar-refractivity contribution >= 4 is 0 Å². The lowest BCUT2D eigenvalue weighted by Gasteiger charge is -2.10. The minimum atomic E-state index is -0.214. The van der Waals surface area contributed by atoms with Gasteiger partial charge in [-0.3, -0.25) is 4.79 Å². The second kappa shape index (κ2) is 6.49. The highest BCUT2D eigenvalue weighted by Crippen LogP contribution is 2.19. The van der Waals surface area contributed by atoms with E-state index in [1.165, 1.54) is 10.7 Å². The molecule has 2 heterocycles. The Morgan fingerprint density at radius 2 is 1.69 bits per heavy atom. The van der Waals surface area contributed by atoms with Crippen LogP contribution in [0, 0.1) is 11.3 Å². The van der Waals surface area contributed by atoms with Crippen LogP contribution in [-0.2, 0) is 0 Å². The van der Waals surface area contributed by atoms with Gasteiger partial charge in [-0.25, -0.2) is 9.36 Å². The standard InChI is InChI=1S/C20H13N5O/c21-14-15-6-4-5-9-17(15)24-13-11-19(26)20(23-24)18-10-12-22-25(18)16-7-2-1-3-8-16/h1-13H. The summed E-state index contributed by atoms with van der Waals surface area (Å²) in [5.41, 5.74) is 2.56. The highest BCUT2D eigenvalue weighted by Gasteiger charge is 2.14. The fourth-order valence-corrected chi connectivity index (χ4v) is 2.74. The van der Waals surface area contributed by atoms with Gasteiger partial charge in [-0.15, -0.1) is 0 Å². The van der Waals surface area contributed by atoms with Gasteiger partial charge in [0.15, 0.2) is 5.69 Å². The van der Waals surface area contributed by atoms with E-state index in [1.807, 2.05) is 36.4 Å². The molecule has 2 aromatic heterocycles. The van der Waals surface area contributed by atoms with E-state index in [0.29, 0.717) is 16.9 Å². The molecule has 0 saturated heterocycles. The lowest BCUT2D eigenvalue weighted by atomic mass is 10.2. The Hall–Kier alpha value is -3.98. The summed E-state index contributed by atoms with van der Waals surface area (Å²) in [7, 11) is 0. The Kier molecular flexibility index (Phi) is 3.88. The summed E-state index contributed by atoms with van der Waals surface area (Å²) in [6.45, 7) is 0. The molecule has 0 amide bonds. The average Bonchev–Trinajstić information content (AvgIpc) is 3.18. The van der Waals surface area contributed by atoms with Crippen LogP contribution in [0.3, 0.4) is 0 Å². The van der Waals surface area contributed by atoms with E-state index in [-0.39, 0.29) is 11.1 Å². The lowest BCUT2D eigenvalue weighted by Crippen LogP contribution is -2.15. The average molecular weight is 339 g/mol. The van der Waals surface area contributed by atoms with Gasteiger partial charge in [-0.05, 0) is 30.3 Å².